The molecule has 1 heterocycles. The van der Waals surface area contributed by atoms with Crippen molar-refractivity contribution < 1.29 is 0 Å². The molecule has 2 aromatic carbocycles. The van der Waals surface area contributed by atoms with Gasteiger partial charge >= 0.3 is 0 Å². The Kier molecular flexibility index (Phi) is 2.18. The van der Waals surface area contributed by atoms with Gasteiger partial charge in [0.05, 0.1) is 8.07 Å². The molecule has 0 atom stereocenters. The highest BCUT2D eigenvalue weighted by Gasteiger charge is 2.26. The van der Waals surface area contributed by atoms with Crippen LogP contribution in [0.15, 0.2) is 36.4 Å². The fourth-order valence-electron chi connectivity index (χ4n) is 2.81. The van der Waals surface area contributed by atoms with Crippen LogP contribution in [0.3, 0.4) is 0 Å². The first-order valence-electron chi connectivity index (χ1n) is 6.15. The van der Waals surface area contributed by atoms with E-state index >= 15 is 0 Å². The molecule has 1 aliphatic heterocycles. The molecule has 0 bridgehead atoms. The molecule has 0 aliphatic carbocycles. The predicted octanol–water partition coefficient (Wildman–Crippen LogP) is 4.19. The maximum absolute atomic E-state index is 2.52. The highest BCUT2D eigenvalue weighted by Crippen LogP contribution is 2.31. The SMILES string of the molecule is C[Si]1(C)CCc2cc3ccccc3cc2C1. The Balaban J connectivity index is 2.17. The molecule has 1 aliphatic rings. The zero-order chi connectivity index (χ0) is 11.2. The number of rotatable bonds is 0. The molecule has 0 aromatic heterocycles. The van der Waals surface area contributed by atoms with Crippen molar-refractivity contribution in [3.05, 3.63) is 47.5 Å². The van der Waals surface area contributed by atoms with Crippen molar-refractivity contribution in [1.29, 1.82) is 0 Å². The summed E-state index contributed by atoms with van der Waals surface area (Å²) in [5, 5.41) is 2.82. The minimum absolute atomic E-state index is 0.929. The molecule has 0 spiro atoms. The van der Waals surface area contributed by atoms with E-state index < -0.39 is 8.07 Å². The molecule has 82 valence electrons. The van der Waals surface area contributed by atoms with E-state index in [1.807, 2.05) is 0 Å². The third kappa shape index (κ3) is 1.69. The minimum atomic E-state index is -0.929. The smallest absolute Gasteiger partial charge is 0.0521 e. The van der Waals surface area contributed by atoms with Gasteiger partial charge in [0.2, 0.25) is 0 Å². The summed E-state index contributed by atoms with van der Waals surface area (Å²) in [5.41, 5.74) is 3.23. The highest BCUT2D eigenvalue weighted by molar-refractivity contribution is 6.77. The molecule has 0 nitrogen and oxygen atoms in total. The second-order valence-corrected chi connectivity index (χ2v) is 11.0. The van der Waals surface area contributed by atoms with E-state index in [1.165, 1.54) is 29.3 Å². The Morgan fingerprint density at radius 2 is 1.56 bits per heavy atom. The number of hydrogen-bond acceptors (Lipinski definition) is 0. The highest BCUT2D eigenvalue weighted by atomic mass is 28.3. The van der Waals surface area contributed by atoms with Gasteiger partial charge in [-0.25, -0.2) is 0 Å². The molecule has 0 saturated heterocycles. The molecule has 0 N–H and O–H groups in total. The van der Waals surface area contributed by atoms with Crippen molar-refractivity contribution in [2.45, 2.75) is 31.6 Å². The maximum Gasteiger partial charge on any atom is 0.0521 e. The zero-order valence-electron chi connectivity index (χ0n) is 10.1. The van der Waals surface area contributed by atoms with Crippen LogP contribution < -0.4 is 0 Å². The Hall–Kier alpha value is -1.08. The van der Waals surface area contributed by atoms with E-state index in [0.717, 1.165) is 0 Å². The summed E-state index contributed by atoms with van der Waals surface area (Å²) in [4.78, 5) is 0. The van der Waals surface area contributed by atoms with Crippen LogP contribution in [-0.4, -0.2) is 8.07 Å². The molecule has 0 saturated carbocycles. The largest absolute Gasteiger partial charge is 0.0691 e. The van der Waals surface area contributed by atoms with Gasteiger partial charge in [-0.1, -0.05) is 55.5 Å². The van der Waals surface area contributed by atoms with Crippen LogP contribution in [0, 0.1) is 0 Å². The normalized spacial score (nSPS) is 18.4. The standard InChI is InChI=1S/C15H18Si/c1-16(2)8-7-14-9-12-5-3-4-6-13(12)10-15(14)11-16/h3-6,9-10H,7-8,11H2,1-2H3. The fourth-order valence-corrected chi connectivity index (χ4v) is 5.29. The van der Waals surface area contributed by atoms with Crippen LogP contribution >= 0.6 is 0 Å². The van der Waals surface area contributed by atoms with Crippen LogP contribution in [0.1, 0.15) is 11.1 Å². The Bertz CT molecular complexity index is 540. The average Bonchev–Trinajstić information content (AvgIpc) is 2.25. The van der Waals surface area contributed by atoms with Gasteiger partial charge in [-0.3, -0.25) is 0 Å². The predicted molar refractivity (Wildman–Crippen MR) is 73.6 cm³/mol. The second-order valence-electron chi connectivity index (χ2n) is 5.81. The molecule has 0 unspecified atom stereocenters. The van der Waals surface area contributed by atoms with Gasteiger partial charge in [-0.2, -0.15) is 0 Å². The first kappa shape index (κ1) is 10.1. The van der Waals surface area contributed by atoms with Crippen LogP contribution in [0.2, 0.25) is 19.1 Å². The Morgan fingerprint density at radius 3 is 2.25 bits per heavy atom. The van der Waals surface area contributed by atoms with Gasteiger partial charge in [0.15, 0.2) is 0 Å². The van der Waals surface area contributed by atoms with Gasteiger partial charge in [0.25, 0.3) is 0 Å². The number of hydrogen-bond donors (Lipinski definition) is 0. The molecule has 0 radical (unpaired) electrons. The topological polar surface area (TPSA) is 0 Å². The van der Waals surface area contributed by atoms with E-state index in [2.05, 4.69) is 49.5 Å². The quantitative estimate of drug-likeness (QED) is 0.591. The number of fused-ring (bicyclic) bond motifs is 2. The summed E-state index contributed by atoms with van der Waals surface area (Å²) >= 11 is 0. The molecule has 2 aromatic rings. The van der Waals surface area contributed by atoms with Crippen molar-refractivity contribution in [2.75, 3.05) is 0 Å². The second kappa shape index (κ2) is 3.46. The summed E-state index contributed by atoms with van der Waals surface area (Å²) in [6.45, 7) is 5.04. The van der Waals surface area contributed by atoms with Crippen molar-refractivity contribution in [3.8, 4) is 0 Å². The molecule has 0 fully saturated rings. The van der Waals surface area contributed by atoms with Gasteiger partial charge in [-0.15, -0.1) is 0 Å². The van der Waals surface area contributed by atoms with Crippen LogP contribution in [0.5, 0.6) is 0 Å². The summed E-state index contributed by atoms with van der Waals surface area (Å²) in [6.07, 6.45) is 1.30. The van der Waals surface area contributed by atoms with Crippen molar-refractivity contribution >= 4 is 18.8 Å². The molecular formula is C15H18Si. The first-order valence-corrected chi connectivity index (χ1v) is 9.56. The van der Waals surface area contributed by atoms with E-state index in [1.54, 1.807) is 11.1 Å². The summed E-state index contributed by atoms with van der Waals surface area (Å²) < 4.78 is 0. The average molecular weight is 226 g/mol. The fraction of sp³-hybridized carbons (Fsp3) is 0.333. The number of aryl methyl sites for hydroxylation is 1. The van der Waals surface area contributed by atoms with Crippen LogP contribution in [0.25, 0.3) is 10.8 Å². The van der Waals surface area contributed by atoms with Gasteiger partial charge in [0, 0.05) is 0 Å². The first-order chi connectivity index (χ1) is 7.64. The van der Waals surface area contributed by atoms with E-state index in [0.29, 0.717) is 0 Å². The molecule has 3 rings (SSSR count). The summed E-state index contributed by atoms with van der Waals surface area (Å²) in [6, 6.07) is 16.4. The van der Waals surface area contributed by atoms with E-state index in [9.17, 15) is 0 Å². The monoisotopic (exact) mass is 226 g/mol. The number of benzene rings is 2. The van der Waals surface area contributed by atoms with E-state index in [-0.39, 0.29) is 0 Å². The Labute approximate surface area is 98.3 Å². The lowest BCUT2D eigenvalue weighted by Crippen LogP contribution is -2.33. The van der Waals surface area contributed by atoms with Crippen molar-refractivity contribution in [2.24, 2.45) is 0 Å². The third-order valence-electron chi connectivity index (χ3n) is 3.81. The summed E-state index contributed by atoms with van der Waals surface area (Å²) in [7, 11) is -0.929. The molecule has 0 amide bonds. The summed E-state index contributed by atoms with van der Waals surface area (Å²) in [5.74, 6) is 0. The van der Waals surface area contributed by atoms with Gasteiger partial charge < -0.3 is 0 Å². The van der Waals surface area contributed by atoms with Gasteiger partial charge in [0.1, 0.15) is 0 Å². The Morgan fingerprint density at radius 1 is 0.938 bits per heavy atom. The van der Waals surface area contributed by atoms with Crippen molar-refractivity contribution in [1.82, 2.24) is 0 Å². The molecular weight excluding hydrogens is 208 g/mol. The molecule has 1 heteroatoms. The van der Waals surface area contributed by atoms with Crippen LogP contribution in [0.4, 0.5) is 0 Å². The van der Waals surface area contributed by atoms with Gasteiger partial charge in [-0.05, 0) is 34.4 Å². The third-order valence-corrected chi connectivity index (χ3v) is 6.75. The lowest BCUT2D eigenvalue weighted by Gasteiger charge is -2.29. The lowest BCUT2D eigenvalue weighted by molar-refractivity contribution is 0.999. The van der Waals surface area contributed by atoms with E-state index in [4.69, 9.17) is 0 Å². The minimum Gasteiger partial charge on any atom is -0.0691 e. The van der Waals surface area contributed by atoms with Crippen LogP contribution in [-0.2, 0) is 12.5 Å². The molecule has 16 heavy (non-hydrogen) atoms. The maximum atomic E-state index is 2.52. The lowest BCUT2D eigenvalue weighted by atomic mass is 10.00. The van der Waals surface area contributed by atoms with Crippen molar-refractivity contribution in [3.63, 3.8) is 0 Å². The zero-order valence-corrected chi connectivity index (χ0v) is 11.1.